The number of nitrogens with zero attached hydrogens (tertiary/aromatic N) is 3. The summed E-state index contributed by atoms with van der Waals surface area (Å²) in [6.07, 6.45) is 4.83. The summed E-state index contributed by atoms with van der Waals surface area (Å²) >= 11 is 0. The molecule has 140 valence electrons. The first-order valence-corrected chi connectivity index (χ1v) is 9.23. The van der Waals surface area contributed by atoms with E-state index in [2.05, 4.69) is 28.6 Å². The Hall–Kier alpha value is -2.70. The lowest BCUT2D eigenvalue weighted by atomic mass is 10.1. The van der Waals surface area contributed by atoms with Gasteiger partial charge >= 0.3 is 0 Å². The van der Waals surface area contributed by atoms with E-state index in [1.54, 1.807) is 7.11 Å². The molecule has 0 aliphatic carbocycles. The van der Waals surface area contributed by atoms with E-state index >= 15 is 0 Å². The van der Waals surface area contributed by atoms with E-state index in [0.29, 0.717) is 6.54 Å². The van der Waals surface area contributed by atoms with Crippen molar-refractivity contribution in [1.29, 1.82) is 0 Å². The van der Waals surface area contributed by atoms with Crippen molar-refractivity contribution >= 4 is 0 Å². The van der Waals surface area contributed by atoms with Crippen LogP contribution in [0.5, 0.6) is 5.75 Å². The molecule has 0 amide bonds. The van der Waals surface area contributed by atoms with E-state index in [1.807, 2.05) is 41.2 Å². The second kappa shape index (κ2) is 8.33. The average molecular weight is 364 g/mol. The minimum absolute atomic E-state index is 0.0167. The highest BCUT2D eigenvalue weighted by molar-refractivity contribution is 5.27. The smallest absolute Gasteiger partial charge is 0.118 e. The first-order valence-electron chi connectivity index (χ1n) is 9.23. The Balaban J connectivity index is 1.37. The van der Waals surface area contributed by atoms with Crippen LogP contribution in [0.25, 0.3) is 0 Å². The lowest BCUT2D eigenvalue weighted by Crippen LogP contribution is -2.27. The Morgan fingerprint density at radius 1 is 1.22 bits per heavy atom. The molecule has 1 atom stereocenters. The molecule has 0 saturated heterocycles. The number of hydrogen-bond donors (Lipinski definition) is 1. The highest BCUT2D eigenvalue weighted by Gasteiger charge is 2.24. The van der Waals surface area contributed by atoms with Crippen molar-refractivity contribution in [3.05, 3.63) is 77.4 Å². The molecule has 6 nitrogen and oxygen atoms in total. The van der Waals surface area contributed by atoms with Crippen molar-refractivity contribution < 1.29 is 9.47 Å². The third-order valence-corrected chi connectivity index (χ3v) is 4.73. The van der Waals surface area contributed by atoms with Crippen LogP contribution in [0.15, 0.2) is 54.9 Å². The second-order valence-electron chi connectivity index (χ2n) is 6.65. The van der Waals surface area contributed by atoms with Crippen LogP contribution in [0.4, 0.5) is 0 Å². The lowest BCUT2D eigenvalue weighted by Gasteiger charge is -2.22. The molecule has 0 unspecified atom stereocenters. The number of methoxy groups -OCH3 is 1. The molecule has 1 N–H and O–H groups in total. The van der Waals surface area contributed by atoms with E-state index in [-0.39, 0.29) is 6.10 Å². The van der Waals surface area contributed by atoms with Crippen molar-refractivity contribution in [3.8, 4) is 5.75 Å². The van der Waals surface area contributed by atoms with Gasteiger partial charge in [-0.3, -0.25) is 9.67 Å². The molecule has 0 spiro atoms. The summed E-state index contributed by atoms with van der Waals surface area (Å²) in [7, 11) is 1.68. The molecule has 1 aliphatic heterocycles. The first-order chi connectivity index (χ1) is 13.3. The summed E-state index contributed by atoms with van der Waals surface area (Å²) in [4.78, 5) is 4.38. The second-order valence-corrected chi connectivity index (χ2v) is 6.65. The SMILES string of the molecule is COc1ccc(CNC[C@H]2OCCc3cn(Cc4ccccn4)nc32)cc1. The average Bonchev–Trinajstić information content (AvgIpc) is 3.12. The summed E-state index contributed by atoms with van der Waals surface area (Å²) in [6.45, 7) is 2.93. The lowest BCUT2D eigenvalue weighted by molar-refractivity contribution is 0.0393. The third kappa shape index (κ3) is 4.35. The number of aromatic nitrogens is 3. The maximum Gasteiger partial charge on any atom is 0.118 e. The van der Waals surface area contributed by atoms with Crippen LogP contribution in [-0.2, 0) is 24.2 Å². The molecule has 0 bridgehead atoms. The molecule has 1 aromatic carbocycles. The Bertz CT molecular complexity index is 862. The normalized spacial score (nSPS) is 16.1. The van der Waals surface area contributed by atoms with Gasteiger partial charge in [0, 0.05) is 25.5 Å². The molecule has 1 aliphatic rings. The van der Waals surface area contributed by atoms with E-state index in [9.17, 15) is 0 Å². The minimum atomic E-state index is -0.0167. The zero-order chi connectivity index (χ0) is 18.5. The summed E-state index contributed by atoms with van der Waals surface area (Å²) in [5, 5.41) is 8.25. The molecule has 6 heteroatoms. The fourth-order valence-corrected chi connectivity index (χ4v) is 3.32. The Morgan fingerprint density at radius 3 is 2.89 bits per heavy atom. The largest absolute Gasteiger partial charge is 0.497 e. The first kappa shape index (κ1) is 17.7. The topological polar surface area (TPSA) is 61.2 Å². The van der Waals surface area contributed by atoms with Crippen LogP contribution >= 0.6 is 0 Å². The molecular weight excluding hydrogens is 340 g/mol. The van der Waals surface area contributed by atoms with E-state index in [0.717, 1.165) is 43.3 Å². The molecule has 27 heavy (non-hydrogen) atoms. The fourth-order valence-electron chi connectivity index (χ4n) is 3.32. The third-order valence-electron chi connectivity index (χ3n) is 4.73. The molecule has 0 saturated carbocycles. The van der Waals surface area contributed by atoms with Crippen molar-refractivity contribution in [2.45, 2.75) is 25.6 Å². The van der Waals surface area contributed by atoms with Gasteiger partial charge in [0.05, 0.1) is 31.6 Å². The zero-order valence-electron chi connectivity index (χ0n) is 15.5. The molecule has 2 aromatic heterocycles. The predicted octanol–water partition coefficient (Wildman–Crippen LogP) is 2.74. The number of benzene rings is 1. The highest BCUT2D eigenvalue weighted by atomic mass is 16.5. The molecule has 4 rings (SSSR count). The van der Waals surface area contributed by atoms with E-state index in [4.69, 9.17) is 14.6 Å². The molecule has 3 heterocycles. The molecular formula is C21H24N4O2. The van der Waals surface area contributed by atoms with Gasteiger partial charge in [0.1, 0.15) is 11.9 Å². The predicted molar refractivity (Wildman–Crippen MR) is 103 cm³/mol. The highest BCUT2D eigenvalue weighted by Crippen LogP contribution is 2.25. The van der Waals surface area contributed by atoms with Gasteiger partial charge in [0.2, 0.25) is 0 Å². The quantitative estimate of drug-likeness (QED) is 0.698. The zero-order valence-corrected chi connectivity index (χ0v) is 15.5. The minimum Gasteiger partial charge on any atom is -0.497 e. The van der Waals surface area contributed by atoms with Crippen LogP contribution in [0, 0.1) is 0 Å². The van der Waals surface area contributed by atoms with Gasteiger partial charge in [-0.25, -0.2) is 0 Å². The van der Waals surface area contributed by atoms with Gasteiger partial charge in [-0.2, -0.15) is 5.10 Å². The van der Waals surface area contributed by atoms with Gasteiger partial charge in [-0.15, -0.1) is 0 Å². The van der Waals surface area contributed by atoms with Crippen LogP contribution in [-0.4, -0.2) is 35.0 Å². The van der Waals surface area contributed by atoms with Crippen LogP contribution in [0.2, 0.25) is 0 Å². The van der Waals surface area contributed by atoms with Crippen LogP contribution in [0.3, 0.4) is 0 Å². The van der Waals surface area contributed by atoms with Gasteiger partial charge in [-0.1, -0.05) is 18.2 Å². The number of fused-ring (bicyclic) bond motifs is 1. The van der Waals surface area contributed by atoms with Crippen molar-refractivity contribution in [2.75, 3.05) is 20.3 Å². The molecule has 0 radical (unpaired) electrons. The monoisotopic (exact) mass is 364 g/mol. The maximum atomic E-state index is 5.97. The van der Waals surface area contributed by atoms with Gasteiger partial charge < -0.3 is 14.8 Å². The maximum absolute atomic E-state index is 5.97. The van der Waals surface area contributed by atoms with Crippen LogP contribution in [0.1, 0.15) is 28.6 Å². The summed E-state index contributed by atoms with van der Waals surface area (Å²) < 4.78 is 13.1. The van der Waals surface area contributed by atoms with Crippen molar-refractivity contribution in [2.24, 2.45) is 0 Å². The Morgan fingerprint density at radius 2 is 2.11 bits per heavy atom. The number of hydrogen-bond acceptors (Lipinski definition) is 5. The van der Waals surface area contributed by atoms with E-state index in [1.165, 1.54) is 11.1 Å². The number of nitrogens with one attached hydrogen (secondary N) is 1. The van der Waals surface area contributed by atoms with Gasteiger partial charge in [-0.05, 0) is 41.8 Å². The van der Waals surface area contributed by atoms with Gasteiger partial charge in [0.25, 0.3) is 0 Å². The number of ether oxygens (including phenoxy) is 2. The Kier molecular flexibility index (Phi) is 5.46. The summed E-state index contributed by atoms with van der Waals surface area (Å²) in [5.41, 5.74) is 4.54. The van der Waals surface area contributed by atoms with Gasteiger partial charge in [0.15, 0.2) is 0 Å². The standard InChI is InChI=1S/C21H24N4O2/c1-26-19-7-5-16(6-8-19)12-22-13-20-21-17(9-11-27-20)14-25(24-21)15-18-4-2-3-10-23-18/h2-8,10,14,20,22H,9,11-13,15H2,1H3/t20-/m1/s1. The van der Waals surface area contributed by atoms with E-state index < -0.39 is 0 Å². The van der Waals surface area contributed by atoms with Crippen molar-refractivity contribution in [3.63, 3.8) is 0 Å². The number of pyridine rings is 1. The van der Waals surface area contributed by atoms with Crippen LogP contribution < -0.4 is 10.1 Å². The number of rotatable bonds is 7. The Labute approximate surface area is 159 Å². The summed E-state index contributed by atoms with van der Waals surface area (Å²) in [6, 6.07) is 14.0. The molecule has 0 fully saturated rings. The molecule has 3 aromatic rings. The fraction of sp³-hybridized carbons (Fsp3) is 0.333. The summed E-state index contributed by atoms with van der Waals surface area (Å²) in [5.74, 6) is 0.873. The van der Waals surface area contributed by atoms with Crippen molar-refractivity contribution in [1.82, 2.24) is 20.1 Å².